The van der Waals surface area contributed by atoms with Crippen LogP contribution in [0.3, 0.4) is 0 Å². The molecule has 0 saturated carbocycles. The van der Waals surface area contributed by atoms with Crippen LogP contribution >= 0.6 is 23.2 Å². The smallest absolute Gasteiger partial charge is 0.114 e. The molecule has 0 spiro atoms. The van der Waals surface area contributed by atoms with Crippen molar-refractivity contribution in [3.05, 3.63) is 47.6 Å². The van der Waals surface area contributed by atoms with Crippen molar-refractivity contribution in [2.45, 2.75) is 22.8 Å². The van der Waals surface area contributed by atoms with E-state index in [1.54, 1.807) is 12.2 Å². The Hall–Kier alpha value is -0.540. The first-order chi connectivity index (χ1) is 7.38. The third-order valence-electron chi connectivity index (χ3n) is 2.68. The van der Waals surface area contributed by atoms with Crippen molar-refractivity contribution in [1.29, 1.82) is 0 Å². The molecule has 0 radical (unpaired) electrons. The quantitative estimate of drug-likeness (QED) is 0.560. The molecule has 2 nitrogen and oxygen atoms in total. The molecular formula is C12H14Cl2N2. The van der Waals surface area contributed by atoms with Gasteiger partial charge in [0.05, 0.1) is 0 Å². The Morgan fingerprint density at radius 2 is 1.25 bits per heavy atom. The highest BCUT2D eigenvalue weighted by atomic mass is 35.5. The van der Waals surface area contributed by atoms with Crippen LogP contribution in [0.2, 0.25) is 0 Å². The molecule has 16 heavy (non-hydrogen) atoms. The lowest BCUT2D eigenvalue weighted by atomic mass is 9.88. The molecule has 4 heteroatoms. The maximum Gasteiger partial charge on any atom is 0.114 e. The second-order valence-corrected chi connectivity index (χ2v) is 5.72. The number of rotatable bonds is 1. The third kappa shape index (κ3) is 2.77. The number of allylic oxidation sites excluding steroid dienone is 4. The normalized spacial score (nSPS) is 38.2. The molecule has 0 heterocycles. The van der Waals surface area contributed by atoms with Crippen molar-refractivity contribution < 1.29 is 0 Å². The first kappa shape index (κ1) is 11.9. The molecule has 86 valence electrons. The van der Waals surface area contributed by atoms with E-state index in [-0.39, 0.29) is 0 Å². The molecule has 2 atom stereocenters. The van der Waals surface area contributed by atoms with Gasteiger partial charge in [0.25, 0.3) is 0 Å². The van der Waals surface area contributed by atoms with Crippen LogP contribution < -0.4 is 11.5 Å². The largest absolute Gasteiger partial charge is 0.309 e. The molecule has 0 fully saturated rings. The molecule has 0 unspecified atom stereocenters. The zero-order chi connectivity index (χ0) is 11.8. The summed E-state index contributed by atoms with van der Waals surface area (Å²) in [6, 6.07) is 0. The van der Waals surface area contributed by atoms with Crippen molar-refractivity contribution in [1.82, 2.24) is 0 Å². The van der Waals surface area contributed by atoms with E-state index in [0.717, 1.165) is 11.1 Å². The minimum Gasteiger partial charge on any atom is -0.309 e. The van der Waals surface area contributed by atoms with Gasteiger partial charge in [-0.15, -0.1) is 0 Å². The van der Waals surface area contributed by atoms with Crippen LogP contribution in [0.25, 0.3) is 0 Å². The lowest BCUT2D eigenvalue weighted by Gasteiger charge is -2.28. The highest BCUT2D eigenvalue weighted by molar-refractivity contribution is 6.25. The first-order valence-electron chi connectivity index (χ1n) is 5.11. The minimum atomic E-state index is -0.796. The van der Waals surface area contributed by atoms with E-state index in [4.69, 9.17) is 34.7 Å². The van der Waals surface area contributed by atoms with E-state index < -0.39 is 10.00 Å². The summed E-state index contributed by atoms with van der Waals surface area (Å²) >= 11 is 12.2. The van der Waals surface area contributed by atoms with Gasteiger partial charge in [0.15, 0.2) is 0 Å². The summed E-state index contributed by atoms with van der Waals surface area (Å²) in [4.78, 5) is -1.59. The number of hydrogen-bond acceptors (Lipinski definition) is 2. The number of halogens is 2. The van der Waals surface area contributed by atoms with Gasteiger partial charge in [-0.2, -0.15) is 0 Å². The lowest BCUT2D eigenvalue weighted by Crippen LogP contribution is -2.35. The maximum absolute atomic E-state index is 6.10. The molecular weight excluding hydrogens is 243 g/mol. The van der Waals surface area contributed by atoms with Crippen molar-refractivity contribution >= 4 is 23.2 Å². The van der Waals surface area contributed by atoms with E-state index in [9.17, 15) is 0 Å². The number of alkyl halides is 2. The van der Waals surface area contributed by atoms with Gasteiger partial charge in [-0.1, -0.05) is 47.5 Å². The molecule has 2 aliphatic carbocycles. The van der Waals surface area contributed by atoms with Crippen molar-refractivity contribution in [2.75, 3.05) is 0 Å². The fourth-order valence-corrected chi connectivity index (χ4v) is 2.34. The summed E-state index contributed by atoms with van der Waals surface area (Å²) in [7, 11) is 0. The van der Waals surface area contributed by atoms with E-state index >= 15 is 0 Å². The van der Waals surface area contributed by atoms with E-state index in [1.807, 2.05) is 24.3 Å². The third-order valence-corrected chi connectivity index (χ3v) is 3.20. The molecule has 2 aliphatic rings. The molecule has 0 bridgehead atoms. The Morgan fingerprint density at radius 3 is 1.56 bits per heavy atom. The molecule has 0 amide bonds. The monoisotopic (exact) mass is 256 g/mol. The molecule has 0 aromatic heterocycles. The lowest BCUT2D eigenvalue weighted by molar-refractivity contribution is 0.678. The Labute approximate surface area is 105 Å². The van der Waals surface area contributed by atoms with Crippen LogP contribution in [0.5, 0.6) is 0 Å². The molecule has 2 rings (SSSR count). The van der Waals surface area contributed by atoms with Gasteiger partial charge in [-0.05, 0) is 23.3 Å². The zero-order valence-corrected chi connectivity index (χ0v) is 10.3. The van der Waals surface area contributed by atoms with Gasteiger partial charge in [-0.3, -0.25) is 0 Å². The van der Waals surface area contributed by atoms with Crippen LogP contribution in [0.4, 0.5) is 0 Å². The summed E-state index contributed by atoms with van der Waals surface area (Å²) in [5.41, 5.74) is 13.9. The second kappa shape index (κ2) is 4.04. The zero-order valence-electron chi connectivity index (χ0n) is 8.79. The van der Waals surface area contributed by atoms with Crippen molar-refractivity contribution in [2.24, 2.45) is 11.5 Å². The van der Waals surface area contributed by atoms with E-state index in [1.165, 1.54) is 0 Å². The van der Waals surface area contributed by atoms with Gasteiger partial charge in [0.2, 0.25) is 0 Å². The van der Waals surface area contributed by atoms with E-state index in [0.29, 0.717) is 12.8 Å². The average Bonchev–Trinajstić information content (AvgIpc) is 2.14. The Balaban J connectivity index is 2.22. The Bertz CT molecular complexity index is 375. The van der Waals surface area contributed by atoms with Crippen LogP contribution in [-0.2, 0) is 0 Å². The second-order valence-electron chi connectivity index (χ2n) is 4.31. The SMILES string of the molecule is N[C@]1(Cl)C=CC=C(C2=CC=C[C@@](N)(Cl)C2)C1. The highest BCUT2D eigenvalue weighted by Crippen LogP contribution is 2.35. The van der Waals surface area contributed by atoms with Crippen LogP contribution in [0.15, 0.2) is 47.6 Å². The van der Waals surface area contributed by atoms with E-state index in [2.05, 4.69) is 0 Å². The minimum absolute atomic E-state index is 0.595. The van der Waals surface area contributed by atoms with Crippen molar-refractivity contribution in [3.63, 3.8) is 0 Å². The fraction of sp³-hybridized carbons (Fsp3) is 0.333. The molecule has 0 aliphatic heterocycles. The van der Waals surface area contributed by atoms with Gasteiger partial charge in [0, 0.05) is 12.8 Å². The van der Waals surface area contributed by atoms with Gasteiger partial charge >= 0.3 is 0 Å². The van der Waals surface area contributed by atoms with Gasteiger partial charge < -0.3 is 11.5 Å². The summed E-state index contributed by atoms with van der Waals surface area (Å²) < 4.78 is 0. The average molecular weight is 257 g/mol. The molecule has 4 N–H and O–H groups in total. The summed E-state index contributed by atoms with van der Waals surface area (Å²) in [5.74, 6) is 0. The Morgan fingerprint density at radius 1 is 0.875 bits per heavy atom. The topological polar surface area (TPSA) is 52.0 Å². The molecule has 0 aromatic rings. The highest BCUT2D eigenvalue weighted by Gasteiger charge is 2.28. The summed E-state index contributed by atoms with van der Waals surface area (Å²) in [6.07, 6.45) is 12.5. The number of nitrogens with two attached hydrogens (primary N) is 2. The molecule has 0 saturated heterocycles. The predicted octanol–water partition coefficient (Wildman–Crippen LogP) is 2.55. The van der Waals surface area contributed by atoms with Gasteiger partial charge in [0.1, 0.15) is 10.00 Å². The van der Waals surface area contributed by atoms with Crippen LogP contribution in [0.1, 0.15) is 12.8 Å². The molecule has 0 aromatic carbocycles. The van der Waals surface area contributed by atoms with Crippen LogP contribution in [-0.4, -0.2) is 10.00 Å². The number of hydrogen-bond donors (Lipinski definition) is 2. The predicted molar refractivity (Wildman–Crippen MR) is 69.2 cm³/mol. The standard InChI is InChI=1S/C12H14Cl2N2/c13-11(15)5-1-3-9(7-11)10-4-2-6-12(14,16)8-10/h1-6H,7-8,15-16H2/t11-,12+. The van der Waals surface area contributed by atoms with Crippen molar-refractivity contribution in [3.8, 4) is 0 Å². The summed E-state index contributed by atoms with van der Waals surface area (Å²) in [6.45, 7) is 0. The Kier molecular flexibility index (Phi) is 3.01. The maximum atomic E-state index is 6.10. The van der Waals surface area contributed by atoms with Gasteiger partial charge in [-0.25, -0.2) is 0 Å². The fourth-order valence-electron chi connectivity index (χ4n) is 1.91. The summed E-state index contributed by atoms with van der Waals surface area (Å²) in [5, 5.41) is 0. The van der Waals surface area contributed by atoms with Crippen LogP contribution in [0, 0.1) is 0 Å². The first-order valence-corrected chi connectivity index (χ1v) is 5.86.